The van der Waals surface area contributed by atoms with Crippen molar-refractivity contribution < 1.29 is 33.3 Å². The van der Waals surface area contributed by atoms with E-state index < -0.39 is 10.2 Å². The first-order chi connectivity index (χ1) is 11.7. The lowest BCUT2D eigenvalue weighted by Crippen LogP contribution is -2.68. The summed E-state index contributed by atoms with van der Waals surface area (Å²) in [5, 5.41) is 1.26. The maximum atomic E-state index is 8.49. The Morgan fingerprint density at radius 1 is 1.04 bits per heavy atom. The van der Waals surface area contributed by atoms with Crippen LogP contribution in [0.25, 0.3) is 11.0 Å². The predicted octanol–water partition coefficient (Wildman–Crippen LogP) is -2.59. The van der Waals surface area contributed by atoms with Crippen LogP contribution in [-0.2, 0) is 12.8 Å². The zero-order valence-electron chi connectivity index (χ0n) is 14.3. The van der Waals surface area contributed by atoms with Crippen LogP contribution in [0.4, 0.5) is 5.69 Å². The normalized spacial score (nSPS) is 16.2. The third-order valence-corrected chi connectivity index (χ3v) is 4.55. The summed E-state index contributed by atoms with van der Waals surface area (Å²) < 4.78 is 42.2. The van der Waals surface area contributed by atoms with Gasteiger partial charge in [-0.2, -0.15) is 0 Å². The second-order valence-electron chi connectivity index (χ2n) is 6.52. The van der Waals surface area contributed by atoms with Crippen LogP contribution in [0.2, 0.25) is 0 Å². The smallest absolute Gasteiger partial charge is 0.367 e. The molecule has 0 bridgehead atoms. The highest BCUT2D eigenvalue weighted by Crippen LogP contribution is 2.39. The van der Waals surface area contributed by atoms with Crippen LogP contribution >= 0.6 is 0 Å². The number of aryl methyl sites for hydroxylation is 2. The van der Waals surface area contributed by atoms with Gasteiger partial charge in [-0.3, -0.25) is 0 Å². The van der Waals surface area contributed by atoms with Crippen molar-refractivity contribution in [3.63, 3.8) is 0 Å². The summed E-state index contributed by atoms with van der Waals surface area (Å²) in [6, 6.07) is 6.62. The molecule has 136 valence electrons. The Morgan fingerprint density at radius 3 is 2.32 bits per heavy atom. The molecule has 25 heavy (non-hydrogen) atoms. The van der Waals surface area contributed by atoms with Gasteiger partial charge in [-0.15, -0.1) is 10.2 Å². The lowest BCUT2D eigenvalue weighted by atomic mass is 9.90. The lowest BCUT2D eigenvalue weighted by Gasteiger charge is -2.37. The van der Waals surface area contributed by atoms with E-state index in [-0.39, 0.29) is 0 Å². The highest BCUT2D eigenvalue weighted by Gasteiger charge is 2.26. The number of hydrogen-bond acceptors (Lipinski definition) is 6. The first-order valence-electron chi connectivity index (χ1n) is 8.19. The number of anilines is 1. The van der Waals surface area contributed by atoms with Crippen molar-refractivity contribution in [2.24, 2.45) is 0 Å². The molecule has 1 aromatic heterocycles. The zero-order valence-corrected chi connectivity index (χ0v) is 15.0. The summed E-state index contributed by atoms with van der Waals surface area (Å²) in [4.78, 5) is 2.56. The molecule has 0 atom stereocenters. The fourth-order valence-electron chi connectivity index (χ4n) is 3.64. The number of rotatable bonds is 0. The Kier molecular flexibility index (Phi) is 5.04. The Morgan fingerprint density at radius 2 is 1.68 bits per heavy atom. The summed E-state index contributed by atoms with van der Waals surface area (Å²) in [6.07, 6.45) is 4.89. The van der Waals surface area contributed by atoms with Crippen LogP contribution in [-0.4, -0.2) is 27.2 Å². The second-order valence-corrected chi connectivity index (χ2v) is 7.28. The largest absolute Gasteiger partial charge is 0.404 e. The van der Waals surface area contributed by atoms with Gasteiger partial charge in [0.2, 0.25) is 0 Å². The van der Waals surface area contributed by atoms with Crippen LogP contribution in [0.3, 0.4) is 0 Å². The molecule has 0 N–H and O–H groups in total. The minimum Gasteiger partial charge on any atom is -0.404 e. The molecule has 8 heteroatoms. The fourth-order valence-corrected chi connectivity index (χ4v) is 3.64. The molecule has 2 aliphatic heterocycles. The number of nitrogens with zero attached hydrogens (tertiary/aromatic N) is 2. The maximum Gasteiger partial charge on any atom is 0.367 e. The van der Waals surface area contributed by atoms with Gasteiger partial charge in [-0.1, -0.05) is 0 Å². The quantitative estimate of drug-likeness (QED) is 0.472. The Balaban J connectivity index is 0.000000324. The molecule has 0 radical (unpaired) electrons. The van der Waals surface area contributed by atoms with E-state index in [1.54, 1.807) is 0 Å². The van der Waals surface area contributed by atoms with Gasteiger partial charge in [0, 0.05) is 29.7 Å². The van der Waals surface area contributed by atoms with Crippen LogP contribution in [0.15, 0.2) is 22.6 Å². The van der Waals surface area contributed by atoms with Crippen LogP contribution < -0.4 is 33.7 Å². The van der Waals surface area contributed by atoms with E-state index in [2.05, 4.69) is 23.1 Å². The molecule has 0 amide bonds. The summed E-state index contributed by atoms with van der Waals surface area (Å²) in [7, 11) is -0.887. The van der Waals surface area contributed by atoms with Gasteiger partial charge in [-0.25, -0.2) is 23.2 Å². The summed E-state index contributed by atoms with van der Waals surface area (Å²) in [6.45, 7) is 2.41. The van der Waals surface area contributed by atoms with Gasteiger partial charge < -0.3 is 9.32 Å². The topological polar surface area (TPSA) is 112 Å². The first kappa shape index (κ1) is 18.2. The van der Waals surface area contributed by atoms with Crippen molar-refractivity contribution in [3.05, 3.63) is 34.9 Å². The molecule has 0 aliphatic carbocycles. The maximum absolute atomic E-state index is 8.49. The average Bonchev–Trinajstić information content (AvgIpc) is 2.53. The molecular formula is C17H21ClN2O5. The molecule has 2 aliphatic rings. The standard InChI is InChI=1S/C17H21N2O.ClHO4/c1-18(2)15-8-7-13-11-12-5-3-9-19-10-4-6-14(16(12)19)17(13)20-15;2-1(3,4)5/h7-8,11H,3-6,9-10H2,1-2H3;(H,2,3,4,5)/q+1;/p-1. The predicted molar refractivity (Wildman–Crippen MR) is 82.2 cm³/mol. The van der Waals surface area contributed by atoms with Crippen LogP contribution in [0, 0.1) is 10.2 Å². The van der Waals surface area contributed by atoms with E-state index in [9.17, 15) is 0 Å². The van der Waals surface area contributed by atoms with Crippen molar-refractivity contribution in [1.82, 2.24) is 4.58 Å². The third-order valence-electron chi connectivity index (χ3n) is 4.55. The van der Waals surface area contributed by atoms with Crippen molar-refractivity contribution in [2.75, 3.05) is 32.1 Å². The molecule has 1 aromatic carbocycles. The van der Waals surface area contributed by atoms with Gasteiger partial charge in [0.25, 0.3) is 0 Å². The van der Waals surface area contributed by atoms with Gasteiger partial charge in [0.15, 0.2) is 0 Å². The molecule has 3 heterocycles. The Labute approximate surface area is 147 Å². The number of fused-ring (bicyclic) bond motifs is 2. The molecule has 0 spiro atoms. The molecule has 4 rings (SSSR count). The highest BCUT2D eigenvalue weighted by molar-refractivity contribution is 5.88. The molecule has 0 saturated heterocycles. The van der Waals surface area contributed by atoms with Gasteiger partial charge in [-0.05, 0) is 43.4 Å². The number of hydrogen-bond donors (Lipinski definition) is 0. The van der Waals surface area contributed by atoms with Crippen molar-refractivity contribution in [1.29, 1.82) is 0 Å². The molecular weight excluding hydrogens is 348 g/mol. The Bertz CT molecular complexity index is 844. The van der Waals surface area contributed by atoms with E-state index in [0.29, 0.717) is 0 Å². The van der Waals surface area contributed by atoms with Gasteiger partial charge in [0.1, 0.15) is 19.7 Å². The minimum absolute atomic E-state index is 0.932. The van der Waals surface area contributed by atoms with E-state index in [4.69, 9.17) is 23.1 Å². The van der Waals surface area contributed by atoms with Gasteiger partial charge >= 0.3 is 5.55 Å². The molecule has 0 unspecified atom stereocenters. The average molecular weight is 369 g/mol. The molecule has 2 aromatic rings. The molecule has 0 saturated carbocycles. The van der Waals surface area contributed by atoms with Crippen molar-refractivity contribution in [3.8, 4) is 0 Å². The monoisotopic (exact) mass is 368 g/mol. The SMILES string of the molecule is C[N+](C)=c1ccc2cc3c4c(c2o1)CCCN4CCC3.[O-][Cl+3]([O-])([O-])[O-]. The molecule has 0 fully saturated rings. The van der Waals surface area contributed by atoms with E-state index in [0.717, 1.165) is 17.6 Å². The highest BCUT2D eigenvalue weighted by atomic mass is 35.7. The minimum atomic E-state index is -4.94. The molecule has 7 nitrogen and oxygen atoms in total. The summed E-state index contributed by atoms with van der Waals surface area (Å²) >= 11 is 0. The van der Waals surface area contributed by atoms with Crippen LogP contribution in [0.5, 0.6) is 0 Å². The Hall–Kier alpha value is -1.64. The van der Waals surface area contributed by atoms with Crippen molar-refractivity contribution in [2.45, 2.75) is 25.7 Å². The summed E-state index contributed by atoms with van der Waals surface area (Å²) in [5.41, 5.74) is 6.47. The zero-order chi connectivity index (χ0) is 18.2. The van der Waals surface area contributed by atoms with E-state index >= 15 is 0 Å². The van der Waals surface area contributed by atoms with E-state index in [1.807, 2.05) is 18.7 Å². The number of halogens is 1. The second kappa shape index (κ2) is 6.93. The lowest BCUT2D eigenvalue weighted by molar-refractivity contribution is -2.00. The van der Waals surface area contributed by atoms with Crippen LogP contribution in [0.1, 0.15) is 24.0 Å². The third kappa shape index (κ3) is 4.13. The first-order valence-corrected chi connectivity index (χ1v) is 9.43. The fraction of sp³-hybridized carbons (Fsp3) is 0.471. The number of benzene rings is 1. The van der Waals surface area contributed by atoms with Gasteiger partial charge in [0.05, 0.1) is 6.07 Å². The van der Waals surface area contributed by atoms with Crippen molar-refractivity contribution >= 4 is 16.7 Å². The van der Waals surface area contributed by atoms with E-state index in [1.165, 1.54) is 54.6 Å². The summed E-state index contributed by atoms with van der Waals surface area (Å²) in [5.74, 6) is 0.